The molecule has 0 saturated heterocycles. The zero-order chi connectivity index (χ0) is 20.8. The number of carbonyl (C=O) groups is 1. The van der Waals surface area contributed by atoms with Crippen LogP contribution in [-0.4, -0.2) is 31.3 Å². The fourth-order valence-electron chi connectivity index (χ4n) is 3.28. The Kier molecular flexibility index (Phi) is 4.23. The minimum absolute atomic E-state index is 0.131. The Morgan fingerprint density at radius 3 is 2.77 bits per heavy atom. The van der Waals surface area contributed by atoms with Gasteiger partial charge in [0.05, 0.1) is 23.3 Å². The fraction of sp³-hybridized carbons (Fsp3) is 0.238. The van der Waals surface area contributed by atoms with E-state index in [-0.39, 0.29) is 11.3 Å². The molecule has 1 amide bonds. The Morgan fingerprint density at radius 2 is 2.03 bits per heavy atom. The van der Waals surface area contributed by atoms with E-state index in [1.165, 1.54) is 18.2 Å². The number of oxazole rings is 1. The first-order valence-electron chi connectivity index (χ1n) is 9.63. The molecule has 0 spiro atoms. The largest absolute Gasteiger partial charge is 0.436 e. The first-order chi connectivity index (χ1) is 14.5. The standard InChI is InChI=1S/C21H19FN6O2/c1-11-19(30-12(2)24-11)20(29)26-14-5-6-17(22)16(7-14)18-10-28-9-15(25-13-3-4-13)8-23-21(28)27-18/h5-10,13,25H,3-4H2,1-2H3,(H,26,29). The SMILES string of the molecule is Cc1nc(C)c(C(=O)Nc2ccc(F)c(-c3cn4cc(NC5CC5)cnc4n3)c2)o1. The maximum absolute atomic E-state index is 14.5. The molecule has 0 unspecified atom stereocenters. The first-order valence-corrected chi connectivity index (χ1v) is 9.63. The zero-order valence-corrected chi connectivity index (χ0v) is 16.4. The highest BCUT2D eigenvalue weighted by molar-refractivity contribution is 6.03. The van der Waals surface area contributed by atoms with Crippen molar-refractivity contribution < 1.29 is 13.6 Å². The number of halogens is 1. The molecule has 0 radical (unpaired) electrons. The van der Waals surface area contributed by atoms with Crippen molar-refractivity contribution in [2.75, 3.05) is 10.6 Å². The van der Waals surface area contributed by atoms with Crippen molar-refractivity contribution in [2.45, 2.75) is 32.7 Å². The third kappa shape index (κ3) is 3.49. The highest BCUT2D eigenvalue weighted by Crippen LogP contribution is 2.28. The van der Waals surface area contributed by atoms with Gasteiger partial charge in [0.1, 0.15) is 5.82 Å². The number of hydrogen-bond donors (Lipinski definition) is 2. The summed E-state index contributed by atoms with van der Waals surface area (Å²) in [7, 11) is 0. The van der Waals surface area contributed by atoms with Crippen LogP contribution in [0.15, 0.2) is 41.2 Å². The summed E-state index contributed by atoms with van der Waals surface area (Å²) in [5.41, 5.74) is 2.50. The molecule has 4 aromatic rings. The number of benzene rings is 1. The number of carbonyl (C=O) groups excluding carboxylic acids is 1. The molecule has 1 aliphatic carbocycles. The molecule has 30 heavy (non-hydrogen) atoms. The lowest BCUT2D eigenvalue weighted by molar-refractivity contribution is 0.0994. The van der Waals surface area contributed by atoms with Gasteiger partial charge in [0.25, 0.3) is 5.91 Å². The summed E-state index contributed by atoms with van der Waals surface area (Å²) in [6, 6.07) is 4.82. The van der Waals surface area contributed by atoms with Crippen LogP contribution in [-0.2, 0) is 0 Å². The molecule has 9 heteroatoms. The van der Waals surface area contributed by atoms with Gasteiger partial charge in [-0.2, -0.15) is 0 Å². The van der Waals surface area contributed by atoms with Gasteiger partial charge in [-0.05, 0) is 38.0 Å². The Hall–Kier alpha value is -3.75. The first kappa shape index (κ1) is 18.3. The van der Waals surface area contributed by atoms with Gasteiger partial charge in [-0.3, -0.25) is 9.20 Å². The molecule has 0 bridgehead atoms. The molecule has 3 aromatic heterocycles. The number of nitrogens with one attached hydrogen (secondary N) is 2. The van der Waals surface area contributed by atoms with Crippen molar-refractivity contribution >= 4 is 23.1 Å². The summed E-state index contributed by atoms with van der Waals surface area (Å²) in [5.74, 6) is 0.113. The Morgan fingerprint density at radius 1 is 1.20 bits per heavy atom. The lowest BCUT2D eigenvalue weighted by atomic mass is 10.1. The predicted octanol–water partition coefficient (Wildman–Crippen LogP) is 3.97. The Labute approximate surface area is 171 Å². The van der Waals surface area contributed by atoms with Crippen LogP contribution in [0.1, 0.15) is 35.0 Å². The average molecular weight is 406 g/mol. The highest BCUT2D eigenvalue weighted by Gasteiger charge is 2.21. The number of fused-ring (bicyclic) bond motifs is 1. The molecule has 1 aromatic carbocycles. The van der Waals surface area contributed by atoms with Gasteiger partial charge in [0.2, 0.25) is 11.5 Å². The van der Waals surface area contributed by atoms with E-state index in [4.69, 9.17) is 4.42 Å². The van der Waals surface area contributed by atoms with E-state index >= 15 is 0 Å². The van der Waals surface area contributed by atoms with Crippen LogP contribution in [0.4, 0.5) is 15.8 Å². The number of aryl methyl sites for hydroxylation is 2. The van der Waals surface area contributed by atoms with E-state index in [0.29, 0.717) is 34.8 Å². The van der Waals surface area contributed by atoms with Crippen LogP contribution in [0, 0.1) is 19.7 Å². The molecule has 0 atom stereocenters. The topological polar surface area (TPSA) is 97.4 Å². The third-order valence-corrected chi connectivity index (χ3v) is 4.87. The highest BCUT2D eigenvalue weighted by atomic mass is 19.1. The van der Waals surface area contributed by atoms with Gasteiger partial charge in [-0.15, -0.1) is 0 Å². The van der Waals surface area contributed by atoms with Gasteiger partial charge in [-0.1, -0.05) is 0 Å². The van der Waals surface area contributed by atoms with Gasteiger partial charge < -0.3 is 15.1 Å². The second-order valence-corrected chi connectivity index (χ2v) is 7.39. The van der Waals surface area contributed by atoms with E-state index < -0.39 is 11.7 Å². The van der Waals surface area contributed by atoms with E-state index in [2.05, 4.69) is 25.6 Å². The normalized spacial score (nSPS) is 13.6. The summed E-state index contributed by atoms with van der Waals surface area (Å²) in [5, 5.41) is 6.10. The lowest BCUT2D eigenvalue weighted by Gasteiger charge is -2.06. The molecule has 5 rings (SSSR count). The van der Waals surface area contributed by atoms with Crippen LogP contribution in [0.5, 0.6) is 0 Å². The van der Waals surface area contributed by atoms with Crippen molar-refractivity contribution in [2.24, 2.45) is 0 Å². The van der Waals surface area contributed by atoms with Crippen molar-refractivity contribution in [3.63, 3.8) is 0 Å². The molecular formula is C21H19FN6O2. The second kappa shape index (κ2) is 6.94. The summed E-state index contributed by atoms with van der Waals surface area (Å²) < 4.78 is 21.6. The summed E-state index contributed by atoms with van der Waals surface area (Å²) in [6.45, 7) is 3.36. The monoisotopic (exact) mass is 406 g/mol. The quantitative estimate of drug-likeness (QED) is 0.521. The van der Waals surface area contributed by atoms with E-state index in [9.17, 15) is 9.18 Å². The number of amides is 1. The Balaban J connectivity index is 1.44. The number of aromatic nitrogens is 4. The van der Waals surface area contributed by atoms with Crippen molar-refractivity contribution in [3.8, 4) is 11.3 Å². The minimum atomic E-state index is -0.446. The molecule has 2 N–H and O–H groups in total. The minimum Gasteiger partial charge on any atom is -0.436 e. The fourth-order valence-corrected chi connectivity index (χ4v) is 3.28. The molecule has 152 valence electrons. The molecule has 3 heterocycles. The predicted molar refractivity (Wildman–Crippen MR) is 109 cm³/mol. The van der Waals surface area contributed by atoms with E-state index in [1.807, 2.05) is 6.20 Å². The summed E-state index contributed by atoms with van der Waals surface area (Å²) >= 11 is 0. The number of anilines is 2. The molecule has 0 aliphatic heterocycles. The molecule has 8 nitrogen and oxygen atoms in total. The molecular weight excluding hydrogens is 387 g/mol. The maximum atomic E-state index is 14.5. The van der Waals surface area contributed by atoms with E-state index in [1.54, 1.807) is 30.6 Å². The number of nitrogens with zero attached hydrogens (tertiary/aromatic N) is 4. The van der Waals surface area contributed by atoms with Gasteiger partial charge in [0, 0.05) is 36.6 Å². The van der Waals surface area contributed by atoms with Crippen LogP contribution < -0.4 is 10.6 Å². The third-order valence-electron chi connectivity index (χ3n) is 4.87. The number of imidazole rings is 1. The second-order valence-electron chi connectivity index (χ2n) is 7.39. The molecule has 1 aliphatic rings. The van der Waals surface area contributed by atoms with E-state index in [0.717, 1.165) is 18.5 Å². The van der Waals surface area contributed by atoms with Crippen molar-refractivity contribution in [1.29, 1.82) is 0 Å². The van der Waals surface area contributed by atoms with Gasteiger partial charge in [0.15, 0.2) is 5.89 Å². The van der Waals surface area contributed by atoms with Gasteiger partial charge >= 0.3 is 0 Å². The van der Waals surface area contributed by atoms with Gasteiger partial charge in [-0.25, -0.2) is 19.3 Å². The van der Waals surface area contributed by atoms with Crippen LogP contribution >= 0.6 is 0 Å². The van der Waals surface area contributed by atoms with Crippen LogP contribution in [0.25, 0.3) is 17.0 Å². The number of hydrogen-bond acceptors (Lipinski definition) is 6. The van der Waals surface area contributed by atoms with Crippen molar-refractivity contribution in [3.05, 3.63) is 60.0 Å². The van der Waals surface area contributed by atoms with Crippen LogP contribution in [0.3, 0.4) is 0 Å². The van der Waals surface area contributed by atoms with Crippen molar-refractivity contribution in [1.82, 2.24) is 19.4 Å². The molecule has 1 saturated carbocycles. The van der Waals surface area contributed by atoms with Crippen LogP contribution in [0.2, 0.25) is 0 Å². The number of rotatable bonds is 5. The molecule has 1 fully saturated rings. The average Bonchev–Trinajstić information content (AvgIpc) is 3.31. The Bertz CT molecular complexity index is 1270. The maximum Gasteiger partial charge on any atom is 0.293 e. The smallest absolute Gasteiger partial charge is 0.293 e. The summed E-state index contributed by atoms with van der Waals surface area (Å²) in [4.78, 5) is 25.3. The summed E-state index contributed by atoms with van der Waals surface area (Å²) in [6.07, 6.45) is 7.64. The lowest BCUT2D eigenvalue weighted by Crippen LogP contribution is -2.12. The zero-order valence-electron chi connectivity index (χ0n) is 16.4.